The number of rotatable bonds is 3. The SMILES string of the molecule is COc1cc(Br)cc(F)c1C(=O)NCC(F)(F)F. The first-order valence-electron chi connectivity index (χ1n) is 4.62. The largest absolute Gasteiger partial charge is 0.496 e. The number of carbonyl (C=O) groups excluding carboxylic acids is 1. The third kappa shape index (κ3) is 3.86. The summed E-state index contributed by atoms with van der Waals surface area (Å²) in [7, 11) is 1.18. The van der Waals surface area contributed by atoms with Crippen molar-refractivity contribution >= 4 is 21.8 Å². The van der Waals surface area contributed by atoms with E-state index in [-0.39, 0.29) is 5.75 Å². The number of hydrogen-bond acceptors (Lipinski definition) is 2. The minimum absolute atomic E-state index is 0.151. The number of alkyl halides is 3. The Kier molecular flexibility index (Phi) is 4.55. The molecule has 1 rings (SSSR count). The summed E-state index contributed by atoms with van der Waals surface area (Å²) in [5, 5.41) is 1.57. The fourth-order valence-corrected chi connectivity index (χ4v) is 1.61. The molecule has 0 fully saturated rings. The zero-order valence-electron chi connectivity index (χ0n) is 9.07. The number of carbonyl (C=O) groups is 1. The van der Waals surface area contributed by atoms with Crippen LogP contribution in [0.25, 0.3) is 0 Å². The molecule has 1 aromatic carbocycles. The van der Waals surface area contributed by atoms with Gasteiger partial charge >= 0.3 is 6.18 Å². The molecule has 0 aromatic heterocycles. The van der Waals surface area contributed by atoms with Crippen molar-refractivity contribution in [2.24, 2.45) is 0 Å². The summed E-state index contributed by atoms with van der Waals surface area (Å²) in [4.78, 5) is 11.5. The Bertz CT molecular complexity index is 462. The molecule has 0 unspecified atom stereocenters. The van der Waals surface area contributed by atoms with Gasteiger partial charge in [-0.2, -0.15) is 13.2 Å². The van der Waals surface area contributed by atoms with Gasteiger partial charge in [0.2, 0.25) is 0 Å². The molecule has 8 heteroatoms. The second-order valence-electron chi connectivity index (χ2n) is 3.26. The van der Waals surface area contributed by atoms with E-state index in [4.69, 9.17) is 4.74 Å². The molecule has 0 atom stereocenters. The molecule has 1 N–H and O–H groups in total. The van der Waals surface area contributed by atoms with Gasteiger partial charge in [-0.15, -0.1) is 0 Å². The van der Waals surface area contributed by atoms with Crippen LogP contribution < -0.4 is 10.1 Å². The minimum Gasteiger partial charge on any atom is -0.496 e. The van der Waals surface area contributed by atoms with Gasteiger partial charge in [-0.3, -0.25) is 4.79 Å². The van der Waals surface area contributed by atoms with Crippen molar-refractivity contribution in [3.63, 3.8) is 0 Å². The van der Waals surface area contributed by atoms with E-state index in [2.05, 4.69) is 15.9 Å². The first-order valence-corrected chi connectivity index (χ1v) is 5.42. The third-order valence-electron chi connectivity index (χ3n) is 1.92. The van der Waals surface area contributed by atoms with Crippen LogP contribution in [0, 0.1) is 5.82 Å². The summed E-state index contributed by atoms with van der Waals surface area (Å²) >= 11 is 2.98. The zero-order chi connectivity index (χ0) is 13.9. The van der Waals surface area contributed by atoms with Crippen molar-refractivity contribution in [3.8, 4) is 5.75 Å². The lowest BCUT2D eigenvalue weighted by Crippen LogP contribution is -2.34. The number of ether oxygens (including phenoxy) is 1. The molecule has 100 valence electrons. The second kappa shape index (κ2) is 5.55. The van der Waals surface area contributed by atoms with Crippen molar-refractivity contribution in [2.45, 2.75) is 6.18 Å². The Labute approximate surface area is 108 Å². The van der Waals surface area contributed by atoms with Gasteiger partial charge in [-0.05, 0) is 12.1 Å². The number of halogens is 5. The van der Waals surface area contributed by atoms with Crippen LogP contribution in [0.5, 0.6) is 5.75 Å². The number of nitrogens with one attached hydrogen (secondary N) is 1. The molecular weight excluding hydrogens is 322 g/mol. The molecule has 0 bridgehead atoms. The van der Waals surface area contributed by atoms with Crippen LogP contribution in [0.3, 0.4) is 0 Å². The molecule has 0 spiro atoms. The molecule has 0 heterocycles. The van der Waals surface area contributed by atoms with Crippen molar-refractivity contribution in [1.29, 1.82) is 0 Å². The van der Waals surface area contributed by atoms with E-state index in [1.807, 2.05) is 0 Å². The van der Waals surface area contributed by atoms with Gasteiger partial charge in [0.1, 0.15) is 23.7 Å². The van der Waals surface area contributed by atoms with E-state index >= 15 is 0 Å². The molecule has 0 saturated carbocycles. The Hall–Kier alpha value is -1.31. The lowest BCUT2D eigenvalue weighted by molar-refractivity contribution is -0.123. The second-order valence-corrected chi connectivity index (χ2v) is 4.18. The van der Waals surface area contributed by atoms with E-state index in [1.54, 1.807) is 5.32 Å². The Morgan fingerprint density at radius 1 is 1.44 bits per heavy atom. The van der Waals surface area contributed by atoms with E-state index in [1.165, 1.54) is 13.2 Å². The minimum atomic E-state index is -4.56. The lowest BCUT2D eigenvalue weighted by Gasteiger charge is -2.12. The van der Waals surface area contributed by atoms with Crippen LogP contribution in [-0.2, 0) is 0 Å². The molecule has 1 aromatic rings. The highest BCUT2D eigenvalue weighted by atomic mass is 79.9. The Morgan fingerprint density at radius 2 is 2.06 bits per heavy atom. The first kappa shape index (κ1) is 14.7. The number of amides is 1. The molecule has 1 amide bonds. The van der Waals surface area contributed by atoms with Crippen molar-refractivity contribution < 1.29 is 27.1 Å². The smallest absolute Gasteiger partial charge is 0.405 e. The molecule has 0 aliphatic heterocycles. The molecular formula is C10H8BrF4NO2. The van der Waals surface area contributed by atoms with Gasteiger partial charge in [0, 0.05) is 4.47 Å². The predicted molar refractivity (Wildman–Crippen MR) is 59.0 cm³/mol. The topological polar surface area (TPSA) is 38.3 Å². The molecule has 0 saturated heterocycles. The maximum absolute atomic E-state index is 13.5. The highest BCUT2D eigenvalue weighted by molar-refractivity contribution is 9.10. The van der Waals surface area contributed by atoms with E-state index in [0.717, 1.165) is 6.07 Å². The van der Waals surface area contributed by atoms with E-state index in [0.29, 0.717) is 4.47 Å². The van der Waals surface area contributed by atoms with Gasteiger partial charge in [-0.25, -0.2) is 4.39 Å². The highest BCUT2D eigenvalue weighted by Crippen LogP contribution is 2.26. The maximum Gasteiger partial charge on any atom is 0.405 e. The summed E-state index contributed by atoms with van der Waals surface area (Å²) in [5.74, 6) is -2.31. The summed E-state index contributed by atoms with van der Waals surface area (Å²) in [6, 6.07) is 2.25. The van der Waals surface area contributed by atoms with Gasteiger partial charge < -0.3 is 10.1 Å². The van der Waals surface area contributed by atoms with Gasteiger partial charge in [0.25, 0.3) is 5.91 Å². The molecule has 0 radical (unpaired) electrons. The average molecular weight is 330 g/mol. The monoisotopic (exact) mass is 329 g/mol. The zero-order valence-corrected chi connectivity index (χ0v) is 10.7. The summed E-state index contributed by atoms with van der Waals surface area (Å²) in [6.07, 6.45) is -4.56. The summed E-state index contributed by atoms with van der Waals surface area (Å²) < 4.78 is 54.4. The van der Waals surface area contributed by atoms with E-state index in [9.17, 15) is 22.4 Å². The quantitative estimate of drug-likeness (QED) is 0.866. The van der Waals surface area contributed by atoms with Crippen LogP contribution in [0.15, 0.2) is 16.6 Å². The fourth-order valence-electron chi connectivity index (χ4n) is 1.20. The third-order valence-corrected chi connectivity index (χ3v) is 2.37. The average Bonchev–Trinajstić information content (AvgIpc) is 2.23. The van der Waals surface area contributed by atoms with Crippen LogP contribution >= 0.6 is 15.9 Å². The van der Waals surface area contributed by atoms with Crippen molar-refractivity contribution in [2.75, 3.05) is 13.7 Å². The summed E-state index contributed by atoms with van der Waals surface area (Å²) in [5.41, 5.74) is -0.565. The molecule has 0 aliphatic rings. The Morgan fingerprint density at radius 3 is 2.56 bits per heavy atom. The van der Waals surface area contributed by atoms with Crippen molar-refractivity contribution in [3.05, 3.63) is 28.0 Å². The van der Waals surface area contributed by atoms with Gasteiger partial charge in [-0.1, -0.05) is 15.9 Å². The number of hydrogen-bond donors (Lipinski definition) is 1. The molecule has 3 nitrogen and oxygen atoms in total. The highest BCUT2D eigenvalue weighted by Gasteiger charge is 2.29. The fraction of sp³-hybridized carbons (Fsp3) is 0.300. The standard InChI is InChI=1S/C10H8BrF4NO2/c1-18-7-3-5(11)2-6(12)8(7)9(17)16-4-10(13,14)15/h2-3H,4H2,1H3,(H,16,17). The van der Waals surface area contributed by atoms with Crippen molar-refractivity contribution in [1.82, 2.24) is 5.32 Å². The van der Waals surface area contributed by atoms with Gasteiger partial charge in [0.15, 0.2) is 0 Å². The molecule has 0 aliphatic carbocycles. The van der Waals surface area contributed by atoms with Crippen LogP contribution in [0.4, 0.5) is 17.6 Å². The van der Waals surface area contributed by atoms with Crippen LogP contribution in [0.2, 0.25) is 0 Å². The van der Waals surface area contributed by atoms with E-state index < -0.39 is 30.0 Å². The summed E-state index contributed by atoms with van der Waals surface area (Å²) in [6.45, 7) is -1.54. The maximum atomic E-state index is 13.5. The Balaban J connectivity index is 2.98. The predicted octanol–water partition coefficient (Wildman–Crippen LogP) is 2.89. The normalized spacial score (nSPS) is 11.2. The number of methoxy groups -OCH3 is 1. The first-order chi connectivity index (χ1) is 8.24. The van der Waals surface area contributed by atoms with Gasteiger partial charge in [0.05, 0.1) is 7.11 Å². The van der Waals surface area contributed by atoms with Crippen LogP contribution in [-0.4, -0.2) is 25.7 Å². The number of benzene rings is 1. The molecule has 18 heavy (non-hydrogen) atoms. The van der Waals surface area contributed by atoms with Crippen LogP contribution in [0.1, 0.15) is 10.4 Å². The lowest BCUT2D eigenvalue weighted by atomic mass is 10.1.